The summed E-state index contributed by atoms with van der Waals surface area (Å²) < 4.78 is 2.44. The van der Waals surface area contributed by atoms with E-state index >= 15 is 0 Å². The molecule has 0 unspecified atom stereocenters. The molecule has 26 heavy (non-hydrogen) atoms. The van der Waals surface area contributed by atoms with E-state index in [9.17, 15) is 9.59 Å². The van der Waals surface area contributed by atoms with E-state index in [0.29, 0.717) is 36.0 Å². The quantitative estimate of drug-likeness (QED) is 0.714. The molecule has 0 fully saturated rings. The van der Waals surface area contributed by atoms with Crippen molar-refractivity contribution in [1.82, 2.24) is 34.0 Å². The number of imidazole rings is 1. The van der Waals surface area contributed by atoms with Crippen LogP contribution in [-0.4, -0.2) is 41.0 Å². The van der Waals surface area contributed by atoms with Crippen molar-refractivity contribution in [3.05, 3.63) is 50.4 Å². The Kier molecular flexibility index (Phi) is 4.73. The molecule has 9 heteroatoms. The second-order valence-corrected chi connectivity index (χ2v) is 6.86. The molecule has 3 rings (SSSR count). The molecule has 3 heterocycles. The predicted molar refractivity (Wildman–Crippen MR) is 97.9 cm³/mol. The lowest BCUT2D eigenvalue weighted by Gasteiger charge is -2.15. The molecule has 0 aliphatic rings. The molecule has 0 radical (unpaired) electrons. The van der Waals surface area contributed by atoms with Crippen LogP contribution in [-0.2, 0) is 27.2 Å². The summed E-state index contributed by atoms with van der Waals surface area (Å²) in [5.41, 5.74) is 0.934. The van der Waals surface area contributed by atoms with Crippen molar-refractivity contribution in [2.75, 3.05) is 7.05 Å². The van der Waals surface area contributed by atoms with E-state index in [4.69, 9.17) is 0 Å². The van der Waals surface area contributed by atoms with Crippen LogP contribution in [0.15, 0.2) is 22.0 Å². The first-order valence-electron chi connectivity index (χ1n) is 8.42. The van der Waals surface area contributed by atoms with Gasteiger partial charge in [-0.15, -0.1) is 0 Å². The Morgan fingerprint density at radius 2 is 1.77 bits per heavy atom. The maximum Gasteiger partial charge on any atom is 0.332 e. The van der Waals surface area contributed by atoms with Gasteiger partial charge in [0.15, 0.2) is 5.65 Å². The third kappa shape index (κ3) is 3.30. The Balaban J connectivity index is 1.80. The van der Waals surface area contributed by atoms with Crippen molar-refractivity contribution < 1.29 is 0 Å². The van der Waals surface area contributed by atoms with Crippen LogP contribution in [0, 0.1) is 0 Å². The van der Waals surface area contributed by atoms with Crippen molar-refractivity contribution in [3.8, 4) is 0 Å². The van der Waals surface area contributed by atoms with E-state index in [2.05, 4.69) is 33.8 Å². The Bertz CT molecular complexity index is 1040. The number of aromatic amines is 1. The number of aryl methyl sites for hydroxylation is 1. The average Bonchev–Trinajstić information content (AvgIpc) is 3.02. The number of rotatable bonds is 5. The summed E-state index contributed by atoms with van der Waals surface area (Å²) in [6, 6.07) is 0. The summed E-state index contributed by atoms with van der Waals surface area (Å²) in [6.07, 6.45) is 3.66. The van der Waals surface area contributed by atoms with Crippen LogP contribution < -0.4 is 11.2 Å². The van der Waals surface area contributed by atoms with Crippen molar-refractivity contribution >= 4 is 11.2 Å². The van der Waals surface area contributed by atoms with Gasteiger partial charge in [0, 0.05) is 44.5 Å². The number of nitrogens with one attached hydrogen (secondary N) is 1. The summed E-state index contributed by atoms with van der Waals surface area (Å²) in [5.74, 6) is 1.75. The minimum absolute atomic E-state index is 0.298. The van der Waals surface area contributed by atoms with Gasteiger partial charge in [0.2, 0.25) is 0 Å². The summed E-state index contributed by atoms with van der Waals surface area (Å²) in [6.45, 7) is 5.25. The molecular formula is C17H23N7O2. The zero-order valence-electron chi connectivity index (χ0n) is 15.6. The Labute approximate surface area is 150 Å². The van der Waals surface area contributed by atoms with Crippen molar-refractivity contribution in [2.45, 2.75) is 32.9 Å². The second kappa shape index (κ2) is 6.83. The van der Waals surface area contributed by atoms with E-state index in [0.717, 1.165) is 16.0 Å². The molecule has 0 saturated carbocycles. The Morgan fingerprint density at radius 1 is 1.12 bits per heavy atom. The monoisotopic (exact) mass is 357 g/mol. The molecule has 0 atom stereocenters. The van der Waals surface area contributed by atoms with Gasteiger partial charge >= 0.3 is 5.69 Å². The van der Waals surface area contributed by atoms with Gasteiger partial charge in [-0.25, -0.2) is 19.7 Å². The molecule has 3 aromatic rings. The Hall–Kier alpha value is -2.81. The number of H-pyrrole nitrogens is 1. The molecular weight excluding hydrogens is 334 g/mol. The first kappa shape index (κ1) is 18.0. The smallest absolute Gasteiger partial charge is 0.332 e. The second-order valence-electron chi connectivity index (χ2n) is 6.86. The van der Waals surface area contributed by atoms with Crippen molar-refractivity contribution in [3.63, 3.8) is 0 Å². The van der Waals surface area contributed by atoms with Gasteiger partial charge in [0.1, 0.15) is 17.2 Å². The van der Waals surface area contributed by atoms with Crippen LogP contribution in [0.3, 0.4) is 0 Å². The SMILES string of the molecule is CC(C)c1ncc(CN(C)Cc2nc3c([nH]2)c(=O)n(C)c(=O)n3C)cn1. The van der Waals surface area contributed by atoms with E-state index in [-0.39, 0.29) is 5.56 Å². The lowest BCUT2D eigenvalue weighted by molar-refractivity contribution is 0.311. The van der Waals surface area contributed by atoms with Gasteiger partial charge in [-0.2, -0.15) is 0 Å². The molecule has 9 nitrogen and oxygen atoms in total. The summed E-state index contributed by atoms with van der Waals surface area (Å²) in [7, 11) is 5.00. The van der Waals surface area contributed by atoms with Crippen LogP contribution in [0.5, 0.6) is 0 Å². The molecule has 0 aromatic carbocycles. The van der Waals surface area contributed by atoms with E-state index in [1.807, 2.05) is 24.3 Å². The number of fused-ring (bicyclic) bond motifs is 1. The van der Waals surface area contributed by atoms with Crippen molar-refractivity contribution in [1.29, 1.82) is 0 Å². The van der Waals surface area contributed by atoms with E-state index in [1.165, 1.54) is 11.6 Å². The zero-order valence-corrected chi connectivity index (χ0v) is 15.6. The highest BCUT2D eigenvalue weighted by Crippen LogP contribution is 2.11. The molecule has 138 valence electrons. The lowest BCUT2D eigenvalue weighted by Crippen LogP contribution is -2.36. The van der Waals surface area contributed by atoms with Crippen LogP contribution in [0.2, 0.25) is 0 Å². The molecule has 1 N–H and O–H groups in total. The van der Waals surface area contributed by atoms with Crippen molar-refractivity contribution in [2.24, 2.45) is 14.1 Å². The minimum atomic E-state index is -0.392. The first-order valence-corrected chi connectivity index (χ1v) is 8.42. The fourth-order valence-electron chi connectivity index (χ4n) is 2.82. The van der Waals surface area contributed by atoms with Crippen LogP contribution >= 0.6 is 0 Å². The summed E-state index contributed by atoms with van der Waals surface area (Å²) >= 11 is 0. The number of hydrogen-bond acceptors (Lipinski definition) is 6. The fourth-order valence-corrected chi connectivity index (χ4v) is 2.82. The van der Waals surface area contributed by atoms with E-state index in [1.54, 1.807) is 7.05 Å². The maximum absolute atomic E-state index is 12.2. The van der Waals surface area contributed by atoms with Crippen LogP contribution in [0.1, 0.15) is 37.0 Å². The third-order valence-electron chi connectivity index (χ3n) is 4.26. The summed E-state index contributed by atoms with van der Waals surface area (Å²) in [4.78, 5) is 42.5. The van der Waals surface area contributed by atoms with Gasteiger partial charge in [0.25, 0.3) is 5.56 Å². The molecule has 3 aromatic heterocycles. The highest BCUT2D eigenvalue weighted by atomic mass is 16.2. The molecule has 0 aliphatic carbocycles. The number of nitrogens with zero attached hydrogens (tertiary/aromatic N) is 6. The zero-order chi connectivity index (χ0) is 19.0. The molecule has 0 bridgehead atoms. The number of aromatic nitrogens is 6. The Morgan fingerprint density at radius 3 is 2.38 bits per heavy atom. The molecule has 0 aliphatic heterocycles. The standard InChI is InChI=1S/C17H23N7O2/c1-10(2)14-18-6-11(7-19-14)8-22(3)9-12-20-13-15(21-12)23(4)17(26)24(5)16(13)25/h6-7,10H,8-9H2,1-5H3,(H,20,21). The predicted octanol–water partition coefficient (Wildman–Crippen LogP) is 0.506. The van der Waals surface area contributed by atoms with Crippen LogP contribution in [0.25, 0.3) is 11.2 Å². The van der Waals surface area contributed by atoms with Gasteiger partial charge < -0.3 is 4.98 Å². The largest absolute Gasteiger partial charge is 0.335 e. The average molecular weight is 357 g/mol. The first-order chi connectivity index (χ1) is 12.3. The highest BCUT2D eigenvalue weighted by molar-refractivity contribution is 5.69. The topological polar surface area (TPSA) is 102 Å². The summed E-state index contributed by atoms with van der Waals surface area (Å²) in [5, 5.41) is 0. The van der Waals surface area contributed by atoms with Gasteiger partial charge in [-0.1, -0.05) is 13.8 Å². The van der Waals surface area contributed by atoms with Gasteiger partial charge in [0.05, 0.1) is 6.54 Å². The molecule has 0 amide bonds. The van der Waals surface area contributed by atoms with Gasteiger partial charge in [-0.3, -0.25) is 18.8 Å². The van der Waals surface area contributed by atoms with Gasteiger partial charge in [-0.05, 0) is 7.05 Å². The maximum atomic E-state index is 12.2. The molecule has 0 spiro atoms. The van der Waals surface area contributed by atoms with E-state index < -0.39 is 5.69 Å². The highest BCUT2D eigenvalue weighted by Gasteiger charge is 2.14. The number of hydrogen-bond donors (Lipinski definition) is 1. The normalized spacial score (nSPS) is 11.8. The van der Waals surface area contributed by atoms with Crippen LogP contribution in [0.4, 0.5) is 0 Å². The fraction of sp³-hybridized carbons (Fsp3) is 0.471. The lowest BCUT2D eigenvalue weighted by atomic mass is 10.2. The molecule has 0 saturated heterocycles. The third-order valence-corrected chi connectivity index (χ3v) is 4.26. The minimum Gasteiger partial charge on any atom is -0.335 e.